The van der Waals surface area contributed by atoms with Gasteiger partial charge in [-0.1, -0.05) is 49.0 Å². The monoisotopic (exact) mass is 464 g/mol. The normalized spacial score (nSPS) is 11.4. The third-order valence-corrected chi connectivity index (χ3v) is 5.43. The van der Waals surface area contributed by atoms with Crippen LogP contribution < -0.4 is 10.1 Å². The van der Waals surface area contributed by atoms with Crippen molar-refractivity contribution in [2.45, 2.75) is 38.1 Å². The lowest BCUT2D eigenvalue weighted by molar-refractivity contribution is -0.137. The van der Waals surface area contributed by atoms with Crippen LogP contribution in [0.3, 0.4) is 0 Å². The Morgan fingerprint density at radius 1 is 1.16 bits per heavy atom. The lowest BCUT2D eigenvalue weighted by atomic mass is 10.1. The molecule has 0 saturated carbocycles. The molecule has 3 rings (SSSR count). The van der Waals surface area contributed by atoms with Gasteiger partial charge >= 0.3 is 6.18 Å². The summed E-state index contributed by atoms with van der Waals surface area (Å²) in [7, 11) is 0. The Bertz CT molecular complexity index is 1060. The maximum atomic E-state index is 13.1. The van der Waals surface area contributed by atoms with Gasteiger partial charge in [-0.15, -0.1) is 10.2 Å². The Labute approximate surface area is 188 Å². The number of rotatable bonds is 9. The van der Waals surface area contributed by atoms with Crippen molar-refractivity contribution < 1.29 is 22.7 Å². The number of alkyl halides is 3. The van der Waals surface area contributed by atoms with Crippen LogP contribution in [0.1, 0.15) is 30.3 Å². The van der Waals surface area contributed by atoms with Crippen LogP contribution in [0.15, 0.2) is 53.7 Å². The molecule has 1 aromatic heterocycles. The van der Waals surface area contributed by atoms with Gasteiger partial charge in [-0.3, -0.25) is 4.79 Å². The van der Waals surface area contributed by atoms with E-state index in [2.05, 4.69) is 15.5 Å². The molecule has 2 aromatic carbocycles. The summed E-state index contributed by atoms with van der Waals surface area (Å²) in [4.78, 5) is 12.5. The van der Waals surface area contributed by atoms with Gasteiger partial charge in [-0.2, -0.15) is 13.2 Å². The maximum absolute atomic E-state index is 13.1. The van der Waals surface area contributed by atoms with Gasteiger partial charge in [0.1, 0.15) is 11.6 Å². The van der Waals surface area contributed by atoms with Crippen molar-refractivity contribution in [3.8, 4) is 5.75 Å². The lowest BCUT2D eigenvalue weighted by Gasteiger charge is -2.15. The topological polar surface area (TPSA) is 69.0 Å². The molecule has 32 heavy (non-hydrogen) atoms. The second-order valence-corrected chi connectivity index (χ2v) is 7.94. The Balaban J connectivity index is 1.70. The minimum absolute atomic E-state index is 0.0131. The molecule has 1 amide bonds. The number of hydrogen-bond donors (Lipinski definition) is 1. The maximum Gasteiger partial charge on any atom is 0.416 e. The van der Waals surface area contributed by atoms with E-state index in [1.807, 2.05) is 48.7 Å². The Morgan fingerprint density at radius 2 is 1.91 bits per heavy atom. The number of aryl methyl sites for hydroxylation is 1. The zero-order valence-electron chi connectivity index (χ0n) is 17.6. The summed E-state index contributed by atoms with van der Waals surface area (Å²) < 4.78 is 46.7. The number of nitrogens with zero attached hydrogens (tertiary/aromatic N) is 3. The van der Waals surface area contributed by atoms with Gasteiger partial charge < -0.3 is 14.6 Å². The third-order valence-electron chi connectivity index (χ3n) is 4.46. The summed E-state index contributed by atoms with van der Waals surface area (Å²) in [5, 5.41) is 11.3. The minimum Gasteiger partial charge on any atom is -0.491 e. The number of aromatic nitrogens is 3. The van der Waals surface area contributed by atoms with Gasteiger partial charge in [0.2, 0.25) is 5.91 Å². The van der Waals surface area contributed by atoms with E-state index < -0.39 is 17.6 Å². The molecular formula is C22H23F3N4O2S. The third kappa shape index (κ3) is 6.25. The molecule has 6 nitrogen and oxygen atoms in total. The number of benzene rings is 2. The van der Waals surface area contributed by atoms with Gasteiger partial charge in [0, 0.05) is 0 Å². The van der Waals surface area contributed by atoms with E-state index in [1.165, 1.54) is 6.07 Å². The van der Waals surface area contributed by atoms with E-state index in [-0.39, 0.29) is 17.2 Å². The van der Waals surface area contributed by atoms with E-state index in [0.717, 1.165) is 29.5 Å². The SMILES string of the molecule is CCCOc1ccc(C(F)(F)F)cc1NC(=O)CSc1nnc(C)n1Cc1ccccc1. The summed E-state index contributed by atoms with van der Waals surface area (Å²) in [5.41, 5.74) is 0.187. The quantitative estimate of drug-likeness (QED) is 0.443. The predicted molar refractivity (Wildman–Crippen MR) is 117 cm³/mol. The highest BCUT2D eigenvalue weighted by Crippen LogP contribution is 2.35. The fourth-order valence-corrected chi connectivity index (χ4v) is 3.66. The van der Waals surface area contributed by atoms with Crippen molar-refractivity contribution in [2.24, 2.45) is 0 Å². The van der Waals surface area contributed by atoms with Crippen molar-refractivity contribution in [1.82, 2.24) is 14.8 Å². The van der Waals surface area contributed by atoms with Gasteiger partial charge in [-0.05, 0) is 37.1 Å². The molecule has 10 heteroatoms. The number of hydrogen-bond acceptors (Lipinski definition) is 5. The highest BCUT2D eigenvalue weighted by molar-refractivity contribution is 7.99. The van der Waals surface area contributed by atoms with Gasteiger partial charge in [-0.25, -0.2) is 0 Å². The van der Waals surface area contributed by atoms with Crippen molar-refractivity contribution in [2.75, 3.05) is 17.7 Å². The van der Waals surface area contributed by atoms with Crippen LogP contribution in [-0.2, 0) is 17.5 Å². The van der Waals surface area contributed by atoms with Gasteiger partial charge in [0.05, 0.1) is 30.2 Å². The van der Waals surface area contributed by atoms with E-state index in [0.29, 0.717) is 30.6 Å². The highest BCUT2D eigenvalue weighted by Gasteiger charge is 2.31. The molecule has 0 radical (unpaired) electrons. The first-order chi connectivity index (χ1) is 15.3. The molecule has 1 heterocycles. The first kappa shape index (κ1) is 23.6. The predicted octanol–water partition coefficient (Wildman–Crippen LogP) is 5.17. The zero-order chi connectivity index (χ0) is 23.1. The summed E-state index contributed by atoms with van der Waals surface area (Å²) in [5.74, 6) is 0.380. The molecule has 0 spiro atoms. The number of halogens is 3. The van der Waals surface area contributed by atoms with E-state index >= 15 is 0 Å². The number of carbonyl (C=O) groups excluding carboxylic acids is 1. The lowest BCUT2D eigenvalue weighted by Crippen LogP contribution is -2.17. The summed E-state index contributed by atoms with van der Waals surface area (Å²) >= 11 is 1.16. The standard InChI is InChI=1S/C22H23F3N4O2S/c1-3-11-31-19-10-9-17(22(23,24)25)12-18(19)26-20(30)14-32-21-28-27-15(2)29(21)13-16-7-5-4-6-8-16/h4-10,12H,3,11,13-14H2,1-2H3,(H,26,30). The van der Waals surface area contributed by atoms with E-state index in [1.54, 1.807) is 0 Å². The Hall–Kier alpha value is -3.01. The van der Waals surface area contributed by atoms with Crippen LogP contribution in [0.25, 0.3) is 0 Å². The number of amides is 1. The highest BCUT2D eigenvalue weighted by atomic mass is 32.2. The molecule has 1 N–H and O–H groups in total. The second kappa shape index (κ2) is 10.5. The number of ether oxygens (including phenoxy) is 1. The van der Waals surface area contributed by atoms with E-state index in [9.17, 15) is 18.0 Å². The van der Waals surface area contributed by atoms with Crippen molar-refractivity contribution >= 4 is 23.4 Å². The fraction of sp³-hybridized carbons (Fsp3) is 0.318. The van der Waals surface area contributed by atoms with Crippen LogP contribution in [0.4, 0.5) is 18.9 Å². The molecule has 0 bridgehead atoms. The van der Waals surface area contributed by atoms with Gasteiger partial charge in [0.25, 0.3) is 0 Å². The zero-order valence-corrected chi connectivity index (χ0v) is 18.5. The minimum atomic E-state index is -4.52. The first-order valence-corrected chi connectivity index (χ1v) is 11.0. The average Bonchev–Trinajstić information content (AvgIpc) is 3.10. The van der Waals surface area contributed by atoms with Crippen LogP contribution >= 0.6 is 11.8 Å². The van der Waals surface area contributed by atoms with Crippen LogP contribution in [0, 0.1) is 6.92 Å². The fourth-order valence-electron chi connectivity index (χ4n) is 2.87. The van der Waals surface area contributed by atoms with Crippen LogP contribution in [0.5, 0.6) is 5.75 Å². The van der Waals surface area contributed by atoms with Gasteiger partial charge in [0.15, 0.2) is 5.16 Å². The summed E-state index contributed by atoms with van der Waals surface area (Å²) in [6, 6.07) is 12.8. The molecule has 3 aromatic rings. The average molecular weight is 465 g/mol. The molecular weight excluding hydrogens is 441 g/mol. The van der Waals surface area contributed by atoms with Crippen LogP contribution in [0.2, 0.25) is 0 Å². The number of carbonyl (C=O) groups is 1. The second-order valence-electron chi connectivity index (χ2n) is 7.00. The molecule has 0 saturated heterocycles. The number of anilines is 1. The van der Waals surface area contributed by atoms with Crippen molar-refractivity contribution in [3.05, 3.63) is 65.5 Å². The van der Waals surface area contributed by atoms with Crippen LogP contribution in [-0.4, -0.2) is 33.0 Å². The molecule has 0 aliphatic rings. The molecule has 0 fully saturated rings. The van der Waals surface area contributed by atoms with Crippen molar-refractivity contribution in [3.63, 3.8) is 0 Å². The number of thioether (sulfide) groups is 1. The Morgan fingerprint density at radius 3 is 2.59 bits per heavy atom. The smallest absolute Gasteiger partial charge is 0.416 e. The first-order valence-electron chi connectivity index (χ1n) is 9.98. The van der Waals surface area contributed by atoms with Crippen molar-refractivity contribution in [1.29, 1.82) is 0 Å². The number of nitrogens with one attached hydrogen (secondary N) is 1. The van der Waals surface area contributed by atoms with E-state index in [4.69, 9.17) is 4.74 Å². The largest absolute Gasteiger partial charge is 0.491 e. The molecule has 0 aliphatic carbocycles. The summed E-state index contributed by atoms with van der Waals surface area (Å²) in [6.45, 7) is 4.57. The Kier molecular flexibility index (Phi) is 7.79. The molecule has 170 valence electrons. The molecule has 0 unspecified atom stereocenters. The molecule has 0 atom stereocenters. The molecule has 0 aliphatic heterocycles. The summed E-state index contributed by atoms with van der Waals surface area (Å²) in [6.07, 6.45) is -3.84.